The van der Waals surface area contributed by atoms with Crippen molar-refractivity contribution in [3.63, 3.8) is 0 Å². The number of benzene rings is 1. The van der Waals surface area contributed by atoms with Crippen molar-refractivity contribution in [3.05, 3.63) is 46.8 Å². The van der Waals surface area contributed by atoms with Gasteiger partial charge in [0.2, 0.25) is 5.76 Å². The number of rotatable bonds is 2. The van der Waals surface area contributed by atoms with Crippen LogP contribution in [0.4, 0.5) is 0 Å². The van der Waals surface area contributed by atoms with Gasteiger partial charge in [0.25, 0.3) is 0 Å². The SMILES string of the molecule is O=C(O)c1cc(-c2ccccc2Br)co1. The van der Waals surface area contributed by atoms with Gasteiger partial charge in [-0.15, -0.1) is 0 Å². The molecular weight excluding hydrogens is 260 g/mol. The predicted octanol–water partition coefficient (Wildman–Crippen LogP) is 3.41. The second-order valence-electron chi connectivity index (χ2n) is 2.98. The summed E-state index contributed by atoms with van der Waals surface area (Å²) < 4.78 is 5.82. The number of hydrogen-bond acceptors (Lipinski definition) is 2. The first-order chi connectivity index (χ1) is 7.18. The van der Waals surface area contributed by atoms with Gasteiger partial charge in [-0.05, 0) is 17.7 Å². The van der Waals surface area contributed by atoms with Crippen LogP contribution in [0.2, 0.25) is 0 Å². The predicted molar refractivity (Wildman–Crippen MR) is 58.8 cm³/mol. The van der Waals surface area contributed by atoms with E-state index in [1.54, 1.807) is 0 Å². The summed E-state index contributed by atoms with van der Waals surface area (Å²) >= 11 is 3.39. The van der Waals surface area contributed by atoms with Gasteiger partial charge in [-0.3, -0.25) is 0 Å². The number of furan rings is 1. The van der Waals surface area contributed by atoms with E-state index < -0.39 is 5.97 Å². The lowest BCUT2D eigenvalue weighted by Crippen LogP contribution is -1.91. The molecule has 0 aliphatic heterocycles. The van der Waals surface area contributed by atoms with Crippen LogP contribution >= 0.6 is 15.9 Å². The van der Waals surface area contributed by atoms with Crippen LogP contribution in [0.25, 0.3) is 11.1 Å². The van der Waals surface area contributed by atoms with Gasteiger partial charge in [0.15, 0.2) is 0 Å². The molecular formula is C11H7BrO3. The minimum Gasteiger partial charge on any atom is -0.475 e. The van der Waals surface area contributed by atoms with Crippen LogP contribution in [-0.4, -0.2) is 11.1 Å². The fourth-order valence-electron chi connectivity index (χ4n) is 1.28. The third kappa shape index (κ3) is 1.94. The average molecular weight is 267 g/mol. The summed E-state index contributed by atoms with van der Waals surface area (Å²) in [5.41, 5.74) is 1.66. The van der Waals surface area contributed by atoms with Crippen LogP contribution in [0.1, 0.15) is 10.6 Å². The van der Waals surface area contributed by atoms with Crippen LogP contribution < -0.4 is 0 Å². The molecule has 0 fully saturated rings. The van der Waals surface area contributed by atoms with Gasteiger partial charge in [-0.2, -0.15) is 0 Å². The molecule has 0 unspecified atom stereocenters. The highest BCUT2D eigenvalue weighted by Gasteiger charge is 2.11. The van der Waals surface area contributed by atoms with Crippen LogP contribution in [0, 0.1) is 0 Å². The fraction of sp³-hybridized carbons (Fsp3) is 0. The minimum absolute atomic E-state index is 0.0549. The van der Waals surface area contributed by atoms with Gasteiger partial charge in [-0.1, -0.05) is 34.1 Å². The Kier molecular flexibility index (Phi) is 2.60. The van der Waals surface area contributed by atoms with Crippen molar-refractivity contribution in [1.29, 1.82) is 0 Å². The molecule has 1 aromatic carbocycles. The lowest BCUT2D eigenvalue weighted by Gasteiger charge is -1.98. The summed E-state index contributed by atoms with van der Waals surface area (Å²) in [5, 5.41) is 8.71. The standard InChI is InChI=1S/C11H7BrO3/c12-9-4-2-1-3-8(9)7-5-10(11(13)14)15-6-7/h1-6H,(H,13,14). The Bertz CT molecular complexity index is 502. The minimum atomic E-state index is -1.06. The molecule has 76 valence electrons. The van der Waals surface area contributed by atoms with Gasteiger partial charge in [0.1, 0.15) is 0 Å². The largest absolute Gasteiger partial charge is 0.475 e. The van der Waals surface area contributed by atoms with E-state index in [1.807, 2.05) is 24.3 Å². The highest BCUT2D eigenvalue weighted by atomic mass is 79.9. The Hall–Kier alpha value is -1.55. The van der Waals surface area contributed by atoms with E-state index in [2.05, 4.69) is 15.9 Å². The molecule has 2 rings (SSSR count). The normalized spacial score (nSPS) is 10.2. The van der Waals surface area contributed by atoms with Crippen LogP contribution in [-0.2, 0) is 0 Å². The Labute approximate surface area is 94.5 Å². The number of hydrogen-bond donors (Lipinski definition) is 1. The lowest BCUT2D eigenvalue weighted by molar-refractivity contribution is 0.0662. The molecule has 0 radical (unpaired) electrons. The average Bonchev–Trinajstić information content (AvgIpc) is 2.67. The summed E-state index contributed by atoms with van der Waals surface area (Å²) in [6.07, 6.45) is 1.43. The molecule has 0 saturated carbocycles. The quantitative estimate of drug-likeness (QED) is 0.907. The number of aromatic carboxylic acids is 1. The third-order valence-corrected chi connectivity index (χ3v) is 2.69. The Morgan fingerprint density at radius 1 is 1.33 bits per heavy atom. The fourth-order valence-corrected chi connectivity index (χ4v) is 1.80. The zero-order valence-electron chi connectivity index (χ0n) is 7.61. The van der Waals surface area contributed by atoms with E-state index in [-0.39, 0.29) is 5.76 Å². The molecule has 4 heteroatoms. The summed E-state index contributed by atoms with van der Waals surface area (Å²) in [5.74, 6) is -1.12. The molecule has 0 spiro atoms. The molecule has 0 amide bonds. The summed E-state index contributed by atoms with van der Waals surface area (Å²) in [6.45, 7) is 0. The summed E-state index contributed by atoms with van der Waals surface area (Å²) in [7, 11) is 0. The zero-order chi connectivity index (χ0) is 10.8. The zero-order valence-corrected chi connectivity index (χ0v) is 9.19. The van der Waals surface area contributed by atoms with E-state index in [0.717, 1.165) is 15.6 Å². The van der Waals surface area contributed by atoms with Crippen molar-refractivity contribution in [1.82, 2.24) is 0 Å². The first kappa shape index (κ1) is 9.98. The van der Waals surface area contributed by atoms with Gasteiger partial charge < -0.3 is 9.52 Å². The molecule has 0 aliphatic rings. The van der Waals surface area contributed by atoms with E-state index in [4.69, 9.17) is 9.52 Å². The smallest absolute Gasteiger partial charge is 0.371 e. The van der Waals surface area contributed by atoms with Crippen molar-refractivity contribution in [2.24, 2.45) is 0 Å². The monoisotopic (exact) mass is 266 g/mol. The van der Waals surface area contributed by atoms with E-state index in [1.165, 1.54) is 12.3 Å². The van der Waals surface area contributed by atoms with Gasteiger partial charge in [-0.25, -0.2) is 4.79 Å². The Balaban J connectivity index is 2.46. The van der Waals surface area contributed by atoms with E-state index in [9.17, 15) is 4.79 Å². The lowest BCUT2D eigenvalue weighted by atomic mass is 10.1. The molecule has 0 bridgehead atoms. The number of carboxylic acid groups (broad SMARTS) is 1. The third-order valence-electron chi connectivity index (χ3n) is 2.00. The van der Waals surface area contributed by atoms with Crippen LogP contribution in [0.3, 0.4) is 0 Å². The van der Waals surface area contributed by atoms with Gasteiger partial charge >= 0.3 is 5.97 Å². The Morgan fingerprint density at radius 3 is 2.67 bits per heavy atom. The molecule has 0 saturated heterocycles. The molecule has 3 nitrogen and oxygen atoms in total. The molecule has 1 heterocycles. The van der Waals surface area contributed by atoms with Crippen LogP contribution in [0.15, 0.2) is 45.5 Å². The molecule has 0 aliphatic carbocycles. The maximum atomic E-state index is 10.6. The summed E-state index contributed by atoms with van der Waals surface area (Å²) in [6, 6.07) is 9.06. The topological polar surface area (TPSA) is 50.4 Å². The van der Waals surface area contributed by atoms with Crippen LogP contribution in [0.5, 0.6) is 0 Å². The first-order valence-electron chi connectivity index (χ1n) is 4.25. The first-order valence-corrected chi connectivity index (χ1v) is 5.04. The second-order valence-corrected chi connectivity index (χ2v) is 3.84. The number of carbonyl (C=O) groups is 1. The van der Waals surface area contributed by atoms with E-state index >= 15 is 0 Å². The van der Waals surface area contributed by atoms with Crippen molar-refractivity contribution in [2.75, 3.05) is 0 Å². The molecule has 2 aromatic rings. The van der Waals surface area contributed by atoms with Crippen molar-refractivity contribution in [2.45, 2.75) is 0 Å². The van der Waals surface area contributed by atoms with Gasteiger partial charge in [0, 0.05) is 10.0 Å². The highest BCUT2D eigenvalue weighted by Crippen LogP contribution is 2.29. The highest BCUT2D eigenvalue weighted by molar-refractivity contribution is 9.10. The number of halogens is 1. The van der Waals surface area contributed by atoms with Gasteiger partial charge in [0.05, 0.1) is 6.26 Å². The van der Waals surface area contributed by atoms with E-state index in [0.29, 0.717) is 0 Å². The molecule has 0 atom stereocenters. The van der Waals surface area contributed by atoms with Crippen molar-refractivity contribution in [3.8, 4) is 11.1 Å². The van der Waals surface area contributed by atoms with Crippen molar-refractivity contribution < 1.29 is 14.3 Å². The maximum Gasteiger partial charge on any atom is 0.371 e. The second kappa shape index (κ2) is 3.90. The van der Waals surface area contributed by atoms with Crippen molar-refractivity contribution >= 4 is 21.9 Å². The summed E-state index contributed by atoms with van der Waals surface area (Å²) in [4.78, 5) is 10.6. The number of carboxylic acids is 1. The Morgan fingerprint density at radius 2 is 2.07 bits per heavy atom. The molecule has 1 aromatic heterocycles. The maximum absolute atomic E-state index is 10.6. The molecule has 1 N–H and O–H groups in total. The molecule has 15 heavy (non-hydrogen) atoms.